The first-order valence-corrected chi connectivity index (χ1v) is 9.23. The molecule has 0 atom stereocenters. The normalized spacial score (nSPS) is 10.2. The predicted octanol–water partition coefficient (Wildman–Crippen LogP) is 3.23. The van der Waals surface area contributed by atoms with Gasteiger partial charge in [0.25, 0.3) is 5.91 Å². The monoisotopic (exact) mass is 401 g/mol. The van der Waals surface area contributed by atoms with Gasteiger partial charge in [0.15, 0.2) is 18.1 Å². The fraction of sp³-hybridized carbons (Fsp3) is 0.364. The molecular weight excluding hydrogens is 374 g/mol. The zero-order valence-electron chi connectivity index (χ0n) is 17.5. The van der Waals surface area contributed by atoms with Gasteiger partial charge >= 0.3 is 5.97 Å². The second kappa shape index (κ2) is 10.4. The van der Waals surface area contributed by atoms with Crippen LogP contribution < -0.4 is 14.2 Å². The quantitative estimate of drug-likeness (QED) is 0.601. The van der Waals surface area contributed by atoms with Crippen LogP contribution in [0.15, 0.2) is 36.4 Å². The smallest absolute Gasteiger partial charge is 0.338 e. The van der Waals surface area contributed by atoms with Crippen molar-refractivity contribution in [3.63, 3.8) is 0 Å². The molecule has 0 saturated heterocycles. The molecule has 0 spiro atoms. The Morgan fingerprint density at radius 1 is 0.897 bits per heavy atom. The van der Waals surface area contributed by atoms with Crippen LogP contribution >= 0.6 is 0 Å². The number of hydrogen-bond acceptors (Lipinski definition) is 6. The Bertz CT molecular complexity index is 864. The van der Waals surface area contributed by atoms with Gasteiger partial charge in [-0.1, -0.05) is 12.1 Å². The average Bonchev–Trinajstić information content (AvgIpc) is 2.75. The van der Waals surface area contributed by atoms with Crippen molar-refractivity contribution in [2.75, 3.05) is 34.5 Å². The molecule has 2 aromatic rings. The molecule has 0 aliphatic heterocycles. The van der Waals surface area contributed by atoms with Gasteiger partial charge in [-0.15, -0.1) is 0 Å². The highest BCUT2D eigenvalue weighted by atomic mass is 16.5. The molecule has 0 aromatic heterocycles. The lowest BCUT2D eigenvalue weighted by Gasteiger charge is -2.21. The first kappa shape index (κ1) is 22.1. The Hall–Kier alpha value is -3.22. The van der Waals surface area contributed by atoms with Crippen LogP contribution in [0.4, 0.5) is 0 Å². The molecule has 7 nitrogen and oxygen atoms in total. The number of benzene rings is 2. The van der Waals surface area contributed by atoms with E-state index >= 15 is 0 Å². The molecule has 7 heteroatoms. The third kappa shape index (κ3) is 5.63. The fourth-order valence-corrected chi connectivity index (χ4v) is 2.82. The van der Waals surface area contributed by atoms with Crippen molar-refractivity contribution < 1.29 is 28.5 Å². The van der Waals surface area contributed by atoms with E-state index in [2.05, 4.69) is 0 Å². The summed E-state index contributed by atoms with van der Waals surface area (Å²) >= 11 is 0. The van der Waals surface area contributed by atoms with E-state index < -0.39 is 5.97 Å². The molecule has 0 radical (unpaired) electrons. The molecule has 0 aliphatic carbocycles. The SMILES string of the molecule is CCN(Cc1ccc(OC)c(OC)c1)C(=O)COC(=O)c1ccc(C)c(OC)c1. The van der Waals surface area contributed by atoms with Gasteiger partial charge in [0.1, 0.15) is 5.75 Å². The summed E-state index contributed by atoms with van der Waals surface area (Å²) in [6.45, 7) is 4.25. The number of likely N-dealkylation sites (N-methyl/N-ethyl adjacent to an activating group) is 1. The minimum absolute atomic E-state index is 0.283. The Labute approximate surface area is 171 Å². The molecule has 0 saturated carbocycles. The summed E-state index contributed by atoms with van der Waals surface area (Å²) in [6, 6.07) is 10.5. The largest absolute Gasteiger partial charge is 0.496 e. The summed E-state index contributed by atoms with van der Waals surface area (Å²) in [5, 5.41) is 0. The van der Waals surface area contributed by atoms with Gasteiger partial charge in [-0.05, 0) is 49.2 Å². The number of methoxy groups -OCH3 is 3. The van der Waals surface area contributed by atoms with Crippen molar-refractivity contribution in [1.29, 1.82) is 0 Å². The molecule has 156 valence electrons. The molecule has 1 amide bonds. The maximum atomic E-state index is 12.5. The molecular formula is C22H27NO6. The number of carbonyl (C=O) groups excluding carboxylic acids is 2. The first-order valence-electron chi connectivity index (χ1n) is 9.23. The molecule has 0 unspecified atom stereocenters. The molecule has 0 N–H and O–H groups in total. The molecule has 0 heterocycles. The fourth-order valence-electron chi connectivity index (χ4n) is 2.82. The summed E-state index contributed by atoms with van der Waals surface area (Å²) in [7, 11) is 4.66. The molecule has 0 bridgehead atoms. The molecule has 0 fully saturated rings. The van der Waals surface area contributed by atoms with Crippen LogP contribution in [-0.4, -0.2) is 51.3 Å². The van der Waals surface area contributed by atoms with E-state index in [1.54, 1.807) is 43.4 Å². The number of amides is 1. The second-order valence-corrected chi connectivity index (χ2v) is 6.36. The summed E-state index contributed by atoms with van der Waals surface area (Å²) < 4.78 is 20.9. The lowest BCUT2D eigenvalue weighted by Crippen LogP contribution is -2.34. The van der Waals surface area contributed by atoms with E-state index in [1.165, 1.54) is 7.11 Å². The minimum Gasteiger partial charge on any atom is -0.496 e. The van der Waals surface area contributed by atoms with E-state index in [9.17, 15) is 9.59 Å². The van der Waals surface area contributed by atoms with Crippen LogP contribution in [0.3, 0.4) is 0 Å². The predicted molar refractivity (Wildman–Crippen MR) is 109 cm³/mol. The Morgan fingerprint density at radius 2 is 1.59 bits per heavy atom. The van der Waals surface area contributed by atoms with Crippen LogP contribution in [0.1, 0.15) is 28.4 Å². The van der Waals surface area contributed by atoms with Gasteiger partial charge in [0, 0.05) is 13.1 Å². The molecule has 2 aromatic carbocycles. The summed E-state index contributed by atoms with van der Waals surface area (Å²) in [6.07, 6.45) is 0. The van der Waals surface area contributed by atoms with Crippen molar-refractivity contribution in [3.8, 4) is 17.2 Å². The number of aryl methyl sites for hydroxylation is 1. The van der Waals surface area contributed by atoms with Crippen LogP contribution in [0.2, 0.25) is 0 Å². The number of rotatable bonds is 9. The van der Waals surface area contributed by atoms with Gasteiger partial charge in [-0.25, -0.2) is 4.79 Å². The second-order valence-electron chi connectivity index (χ2n) is 6.36. The summed E-state index contributed by atoms with van der Waals surface area (Å²) in [5.41, 5.74) is 2.13. The van der Waals surface area contributed by atoms with Gasteiger partial charge in [-0.2, -0.15) is 0 Å². The number of nitrogens with zero attached hydrogens (tertiary/aromatic N) is 1. The van der Waals surface area contributed by atoms with Gasteiger partial charge in [0.05, 0.1) is 26.9 Å². The first-order chi connectivity index (χ1) is 13.9. The Kier molecular flexibility index (Phi) is 7.88. The highest BCUT2D eigenvalue weighted by molar-refractivity contribution is 5.91. The minimum atomic E-state index is -0.571. The zero-order valence-corrected chi connectivity index (χ0v) is 17.5. The van der Waals surface area contributed by atoms with Crippen LogP contribution in [0, 0.1) is 6.92 Å². The maximum absolute atomic E-state index is 12.5. The zero-order chi connectivity index (χ0) is 21.4. The third-order valence-corrected chi connectivity index (χ3v) is 4.53. The standard InChI is InChI=1S/C22H27NO6/c1-6-23(13-16-8-10-18(26-3)20(11-16)28-5)21(24)14-29-22(25)17-9-7-15(2)19(12-17)27-4/h7-12H,6,13-14H2,1-5H3. The third-order valence-electron chi connectivity index (χ3n) is 4.53. The van der Waals surface area contributed by atoms with E-state index in [-0.39, 0.29) is 12.5 Å². The highest BCUT2D eigenvalue weighted by Gasteiger charge is 2.17. The number of ether oxygens (including phenoxy) is 4. The molecule has 2 rings (SSSR count). The highest BCUT2D eigenvalue weighted by Crippen LogP contribution is 2.28. The topological polar surface area (TPSA) is 74.3 Å². The summed E-state index contributed by atoms with van der Waals surface area (Å²) in [5.74, 6) is 0.948. The van der Waals surface area contributed by atoms with Crippen molar-refractivity contribution in [2.45, 2.75) is 20.4 Å². The Balaban J connectivity index is 2.00. The van der Waals surface area contributed by atoms with E-state index in [0.717, 1.165) is 11.1 Å². The number of carbonyl (C=O) groups is 2. The molecule has 0 aliphatic rings. The maximum Gasteiger partial charge on any atom is 0.338 e. The van der Waals surface area contributed by atoms with Crippen LogP contribution in [0.5, 0.6) is 17.2 Å². The lowest BCUT2D eigenvalue weighted by molar-refractivity contribution is -0.134. The lowest BCUT2D eigenvalue weighted by atomic mass is 10.1. The van der Waals surface area contributed by atoms with Crippen molar-refractivity contribution in [2.24, 2.45) is 0 Å². The summed E-state index contributed by atoms with van der Waals surface area (Å²) in [4.78, 5) is 26.4. The van der Waals surface area contributed by atoms with E-state index in [4.69, 9.17) is 18.9 Å². The van der Waals surface area contributed by atoms with E-state index in [0.29, 0.717) is 35.9 Å². The van der Waals surface area contributed by atoms with Gasteiger partial charge in [-0.3, -0.25) is 4.79 Å². The van der Waals surface area contributed by atoms with Crippen LogP contribution in [0.25, 0.3) is 0 Å². The molecule has 29 heavy (non-hydrogen) atoms. The number of hydrogen-bond donors (Lipinski definition) is 0. The van der Waals surface area contributed by atoms with Crippen molar-refractivity contribution >= 4 is 11.9 Å². The van der Waals surface area contributed by atoms with Crippen LogP contribution in [-0.2, 0) is 16.1 Å². The Morgan fingerprint density at radius 3 is 2.21 bits per heavy atom. The van der Waals surface area contributed by atoms with Crippen molar-refractivity contribution in [3.05, 3.63) is 53.1 Å². The average molecular weight is 401 g/mol. The van der Waals surface area contributed by atoms with Gasteiger partial charge in [0.2, 0.25) is 0 Å². The van der Waals surface area contributed by atoms with E-state index in [1.807, 2.05) is 26.0 Å². The van der Waals surface area contributed by atoms with Gasteiger partial charge < -0.3 is 23.8 Å². The number of esters is 1. The van der Waals surface area contributed by atoms with Crippen molar-refractivity contribution in [1.82, 2.24) is 4.90 Å².